The van der Waals surface area contributed by atoms with Gasteiger partial charge in [0.2, 0.25) is 12.5 Å². The van der Waals surface area contributed by atoms with E-state index in [9.17, 15) is 9.59 Å². The van der Waals surface area contributed by atoms with Gasteiger partial charge in [-0.2, -0.15) is 0 Å². The number of ether oxygens (including phenoxy) is 2. The molecule has 1 fully saturated rings. The van der Waals surface area contributed by atoms with Crippen molar-refractivity contribution in [2.75, 3.05) is 19.0 Å². The van der Waals surface area contributed by atoms with Crippen LogP contribution in [0, 0.1) is 6.92 Å². The average Bonchev–Trinajstić information content (AvgIpc) is 4.00. The summed E-state index contributed by atoms with van der Waals surface area (Å²) in [4.78, 5) is 44.8. The molecule has 5 aromatic carbocycles. The SMILES string of the molecule is CON=C(C(=O)NC1ON2C(C(=O)OC(c3ccccc3)c3ccccc3)=C(C=CSc3nnc(C)s3)COC12)c1csc(NC(c2ccccc2)(c2ccccc2)c2ccccc2)n1. The van der Waals surface area contributed by atoms with Gasteiger partial charge in [0, 0.05) is 11.0 Å². The minimum absolute atomic E-state index is 0.0149. The summed E-state index contributed by atoms with van der Waals surface area (Å²) in [5.74, 6) is -1.27. The van der Waals surface area contributed by atoms with Gasteiger partial charge in [-0.3, -0.25) is 4.79 Å². The third-order valence-electron chi connectivity index (χ3n) is 10.6. The number of fused-ring (bicyclic) bond motifs is 1. The van der Waals surface area contributed by atoms with E-state index in [2.05, 4.69) is 62.4 Å². The number of rotatable bonds is 16. The molecule has 9 rings (SSSR count). The Bertz CT molecular complexity index is 2690. The van der Waals surface area contributed by atoms with Gasteiger partial charge in [-0.05, 0) is 46.2 Å². The molecule has 0 saturated carbocycles. The molecule has 16 heteroatoms. The number of nitrogens with one attached hydrogen (secondary N) is 2. The predicted molar refractivity (Wildman–Crippen MR) is 251 cm³/mol. The van der Waals surface area contributed by atoms with E-state index in [-0.39, 0.29) is 23.7 Å². The zero-order valence-electron chi connectivity index (χ0n) is 35.0. The first-order chi connectivity index (χ1) is 31.9. The number of amides is 1. The summed E-state index contributed by atoms with van der Waals surface area (Å²) in [7, 11) is 1.36. The van der Waals surface area contributed by atoms with Crippen molar-refractivity contribution in [1.29, 1.82) is 0 Å². The van der Waals surface area contributed by atoms with Gasteiger partial charge in [-0.15, -0.1) is 21.5 Å². The van der Waals surface area contributed by atoms with E-state index in [1.165, 1.54) is 46.6 Å². The number of aryl methyl sites for hydroxylation is 1. The number of thiazole rings is 1. The van der Waals surface area contributed by atoms with Crippen molar-refractivity contribution in [3.8, 4) is 0 Å². The fraction of sp³-hybridized carbons (Fsp3) is 0.143. The van der Waals surface area contributed by atoms with Gasteiger partial charge < -0.3 is 24.9 Å². The van der Waals surface area contributed by atoms with Crippen LogP contribution in [0.5, 0.6) is 0 Å². The lowest BCUT2D eigenvalue weighted by Crippen LogP contribution is -2.68. The summed E-state index contributed by atoms with van der Waals surface area (Å²) in [5.41, 5.74) is 4.55. The Hall–Kier alpha value is -6.95. The van der Waals surface area contributed by atoms with Crippen molar-refractivity contribution in [2.45, 2.75) is 35.4 Å². The monoisotopic (exact) mass is 919 g/mol. The van der Waals surface area contributed by atoms with E-state index in [0.29, 0.717) is 10.7 Å². The van der Waals surface area contributed by atoms with E-state index in [1.807, 2.05) is 128 Å². The number of carbonyl (C=O) groups is 2. The Morgan fingerprint density at radius 3 is 1.95 bits per heavy atom. The van der Waals surface area contributed by atoms with Crippen molar-refractivity contribution < 1.29 is 28.7 Å². The molecule has 0 aliphatic carbocycles. The Morgan fingerprint density at radius 1 is 0.846 bits per heavy atom. The normalized spacial score (nSPS) is 16.2. The fourth-order valence-electron chi connectivity index (χ4n) is 7.58. The van der Waals surface area contributed by atoms with Gasteiger partial charge in [0.05, 0.1) is 6.61 Å². The first-order valence-corrected chi connectivity index (χ1v) is 23.1. The summed E-state index contributed by atoms with van der Waals surface area (Å²) in [6.07, 6.45) is -0.844. The highest BCUT2D eigenvalue weighted by Gasteiger charge is 2.50. The van der Waals surface area contributed by atoms with Gasteiger partial charge in [0.15, 0.2) is 27.0 Å². The minimum atomic E-state index is -1.01. The highest BCUT2D eigenvalue weighted by atomic mass is 32.2. The summed E-state index contributed by atoms with van der Waals surface area (Å²) < 4.78 is 13.3. The molecule has 326 valence electrons. The van der Waals surface area contributed by atoms with Gasteiger partial charge in [-0.25, -0.2) is 19.7 Å². The Labute approximate surface area is 387 Å². The highest BCUT2D eigenvalue weighted by Crippen LogP contribution is 2.41. The molecule has 4 heterocycles. The zero-order valence-corrected chi connectivity index (χ0v) is 37.5. The number of anilines is 1. The largest absolute Gasteiger partial charge is 0.448 e. The average molecular weight is 920 g/mol. The summed E-state index contributed by atoms with van der Waals surface area (Å²) >= 11 is 4.15. The van der Waals surface area contributed by atoms with Crippen molar-refractivity contribution in [3.63, 3.8) is 0 Å². The second kappa shape index (κ2) is 19.8. The molecule has 13 nitrogen and oxygen atoms in total. The summed E-state index contributed by atoms with van der Waals surface area (Å²) in [6.45, 7) is 1.90. The number of thioether (sulfide) groups is 1. The van der Waals surface area contributed by atoms with Crippen molar-refractivity contribution >= 4 is 57.2 Å². The molecule has 1 amide bonds. The summed E-state index contributed by atoms with van der Waals surface area (Å²) in [6, 6.07) is 49.5. The van der Waals surface area contributed by atoms with Crippen molar-refractivity contribution in [1.82, 2.24) is 25.6 Å². The second-order valence-corrected chi connectivity index (χ2v) is 17.8. The smallest absolute Gasteiger partial charge is 0.358 e. The second-order valence-electron chi connectivity index (χ2n) is 14.6. The fourth-order valence-corrected chi connectivity index (χ4v) is 9.91. The molecular weight excluding hydrogens is 879 g/mol. The van der Waals surface area contributed by atoms with Crippen LogP contribution in [-0.4, -0.2) is 64.0 Å². The molecule has 0 spiro atoms. The van der Waals surface area contributed by atoms with Crippen LogP contribution in [0.3, 0.4) is 0 Å². The molecule has 2 N–H and O–H groups in total. The number of hydrogen-bond acceptors (Lipinski definition) is 15. The Morgan fingerprint density at radius 2 is 1.42 bits per heavy atom. The molecule has 2 atom stereocenters. The predicted octanol–water partition coefficient (Wildman–Crippen LogP) is 9.00. The van der Waals surface area contributed by atoms with Crippen LogP contribution in [0.25, 0.3) is 0 Å². The number of nitrogens with zero attached hydrogens (tertiary/aromatic N) is 5. The Balaban J connectivity index is 0.966. The third kappa shape index (κ3) is 9.34. The molecule has 7 aromatic rings. The topological polar surface area (TPSA) is 149 Å². The number of hydroxylamine groups is 2. The van der Waals surface area contributed by atoms with Crippen LogP contribution < -0.4 is 10.6 Å². The highest BCUT2D eigenvalue weighted by molar-refractivity contribution is 8.03. The van der Waals surface area contributed by atoms with Crippen LogP contribution >= 0.6 is 34.4 Å². The van der Waals surface area contributed by atoms with Crippen LogP contribution in [0.15, 0.2) is 189 Å². The molecule has 0 bridgehead atoms. The van der Waals surface area contributed by atoms with E-state index < -0.39 is 36.0 Å². The molecule has 1 saturated heterocycles. The van der Waals surface area contributed by atoms with Crippen LogP contribution in [0.4, 0.5) is 5.13 Å². The van der Waals surface area contributed by atoms with Gasteiger partial charge in [0.25, 0.3) is 5.91 Å². The van der Waals surface area contributed by atoms with Crippen molar-refractivity contribution in [2.24, 2.45) is 5.16 Å². The molecule has 0 radical (unpaired) electrons. The van der Waals surface area contributed by atoms with Crippen molar-refractivity contribution in [3.05, 3.63) is 218 Å². The third-order valence-corrected chi connectivity index (χ3v) is 13.0. The number of aromatic nitrogens is 3. The molecule has 2 unspecified atom stereocenters. The number of hydrogen-bond donors (Lipinski definition) is 2. The van der Waals surface area contributed by atoms with Gasteiger partial charge in [-0.1, -0.05) is 180 Å². The lowest BCUT2D eigenvalue weighted by Gasteiger charge is -2.49. The molecule has 2 aliphatic rings. The summed E-state index contributed by atoms with van der Waals surface area (Å²) in [5, 5.41) is 25.2. The van der Waals surface area contributed by atoms with Gasteiger partial charge in [0.1, 0.15) is 23.4 Å². The lowest BCUT2D eigenvalue weighted by atomic mass is 9.77. The number of esters is 1. The van der Waals surface area contributed by atoms with Crippen LogP contribution in [0.2, 0.25) is 0 Å². The maximum absolute atomic E-state index is 14.4. The van der Waals surface area contributed by atoms with E-state index in [4.69, 9.17) is 24.1 Å². The first kappa shape index (κ1) is 43.3. The van der Waals surface area contributed by atoms with E-state index in [0.717, 1.165) is 37.2 Å². The lowest BCUT2D eigenvalue weighted by molar-refractivity contribution is -0.395. The first-order valence-electron chi connectivity index (χ1n) is 20.5. The number of oxime groups is 1. The molecule has 2 aromatic heterocycles. The maximum atomic E-state index is 14.4. The minimum Gasteiger partial charge on any atom is -0.448 e. The van der Waals surface area contributed by atoms with Gasteiger partial charge >= 0.3 is 5.97 Å². The van der Waals surface area contributed by atoms with E-state index >= 15 is 0 Å². The molecule has 65 heavy (non-hydrogen) atoms. The standard InChI is InChI=1S/C49H41N7O6S3/c1-32-53-54-48(65-32)63-29-28-35-30-60-45-44(62-56(45)41(35)46(58)61-42(33-18-8-3-9-19-33)34-20-10-4-11-21-34)51-43(57)40(55-59-2)39-31-64-47(50-39)52-49(36-22-12-5-13-23-36,37-24-14-6-15-25-37)38-26-16-7-17-27-38/h3-29,31,42,44-45H,30H2,1-2H3,(H,50,52)(H,51,57). The van der Waals surface area contributed by atoms with Crippen LogP contribution in [0.1, 0.15) is 44.6 Å². The van der Waals surface area contributed by atoms with Crippen LogP contribution in [-0.2, 0) is 34.3 Å². The molecular formula is C49H41N7O6S3. The number of benzene rings is 5. The quantitative estimate of drug-likeness (QED) is 0.0313. The number of carbonyl (C=O) groups excluding carboxylic acids is 2. The molecule has 2 aliphatic heterocycles. The zero-order chi connectivity index (χ0) is 44.6. The van der Waals surface area contributed by atoms with E-state index in [1.54, 1.807) is 11.5 Å². The maximum Gasteiger partial charge on any atom is 0.358 e. The Kier molecular flexibility index (Phi) is 13.2.